The number of carbonyl (C=O) groups is 2. The number of rotatable bonds is 4. The van der Waals surface area contributed by atoms with Crippen LogP contribution in [0, 0.1) is 5.92 Å². The quantitative estimate of drug-likeness (QED) is 0.390. The Morgan fingerprint density at radius 2 is 1.47 bits per heavy atom. The average molecular weight is 449 g/mol. The summed E-state index contributed by atoms with van der Waals surface area (Å²) in [5, 5.41) is 3.60. The topological polar surface area (TPSA) is 49.9 Å². The summed E-state index contributed by atoms with van der Waals surface area (Å²) in [4.78, 5) is 35.2. The molecule has 34 heavy (non-hydrogen) atoms. The predicted octanol–water partition coefficient (Wildman–Crippen LogP) is 5.45. The fraction of sp³-hybridized carbons (Fsp3) is 0.172. The minimum atomic E-state index is -0.873. The molecule has 2 heterocycles. The van der Waals surface area contributed by atoms with Gasteiger partial charge in [-0.3, -0.25) is 14.4 Å². The summed E-state index contributed by atoms with van der Waals surface area (Å²) in [5.41, 5.74) is 3.60. The molecule has 0 bridgehead atoms. The second-order valence-corrected chi connectivity index (χ2v) is 8.76. The van der Waals surface area contributed by atoms with Crippen molar-refractivity contribution in [3.05, 3.63) is 108 Å². The SMILES string of the molecule is CCc1ccc([C@H]2[C@H]3C(=O)N(c4cccc5ccccc45)C(=O)[C@@H]3ON2c2ccccc2)cc1. The fourth-order valence-corrected chi connectivity index (χ4v) is 5.14. The molecular weight excluding hydrogens is 424 g/mol. The molecule has 0 radical (unpaired) electrons. The van der Waals surface area contributed by atoms with E-state index in [4.69, 9.17) is 4.84 Å². The molecule has 0 saturated carbocycles. The standard InChI is InChI=1S/C29H24N2O3/c1-2-19-15-17-21(18-16-19)26-25-27(34-31(26)22-11-4-3-5-12-22)29(33)30(28(25)32)24-14-8-10-20-9-6-7-13-23(20)24/h3-18,25-27H,2H2,1H3/t25-,26+,27-/m1/s1. The van der Waals surface area contributed by atoms with Gasteiger partial charge in [-0.25, -0.2) is 9.96 Å². The van der Waals surface area contributed by atoms with Gasteiger partial charge in [0.2, 0.25) is 5.91 Å². The van der Waals surface area contributed by atoms with Gasteiger partial charge in [-0.15, -0.1) is 0 Å². The highest BCUT2D eigenvalue weighted by Crippen LogP contribution is 2.48. The second kappa shape index (κ2) is 8.12. The number of carbonyl (C=O) groups excluding carboxylic acids is 2. The van der Waals surface area contributed by atoms with Crippen LogP contribution in [0.2, 0.25) is 0 Å². The Bertz CT molecular complexity index is 1380. The first-order valence-electron chi connectivity index (χ1n) is 11.6. The lowest BCUT2D eigenvalue weighted by Gasteiger charge is -2.29. The van der Waals surface area contributed by atoms with E-state index in [1.165, 1.54) is 10.5 Å². The molecule has 6 rings (SSSR count). The van der Waals surface area contributed by atoms with Crippen LogP contribution in [-0.2, 0) is 20.8 Å². The molecule has 0 aromatic heterocycles. The van der Waals surface area contributed by atoms with Crippen LogP contribution >= 0.6 is 0 Å². The molecule has 2 saturated heterocycles. The van der Waals surface area contributed by atoms with E-state index in [1.807, 2.05) is 84.9 Å². The monoisotopic (exact) mass is 448 g/mol. The molecule has 168 valence electrons. The van der Waals surface area contributed by atoms with Gasteiger partial charge in [-0.2, -0.15) is 0 Å². The fourth-order valence-electron chi connectivity index (χ4n) is 5.14. The molecule has 2 aliphatic heterocycles. The Hall–Kier alpha value is -3.96. The van der Waals surface area contributed by atoms with E-state index in [0.29, 0.717) is 5.69 Å². The molecule has 5 nitrogen and oxygen atoms in total. The van der Waals surface area contributed by atoms with Crippen molar-refractivity contribution in [2.24, 2.45) is 5.92 Å². The van der Waals surface area contributed by atoms with Crippen molar-refractivity contribution in [3.63, 3.8) is 0 Å². The van der Waals surface area contributed by atoms with Crippen molar-refractivity contribution in [1.82, 2.24) is 0 Å². The summed E-state index contributed by atoms with van der Waals surface area (Å²) < 4.78 is 0. The number of anilines is 2. The lowest BCUT2D eigenvalue weighted by molar-refractivity contribution is -0.126. The highest BCUT2D eigenvalue weighted by atomic mass is 16.7. The van der Waals surface area contributed by atoms with E-state index in [1.54, 1.807) is 5.06 Å². The first-order chi connectivity index (χ1) is 16.7. The second-order valence-electron chi connectivity index (χ2n) is 8.76. The van der Waals surface area contributed by atoms with E-state index in [9.17, 15) is 9.59 Å². The Morgan fingerprint density at radius 1 is 0.765 bits per heavy atom. The van der Waals surface area contributed by atoms with Crippen LogP contribution in [0.4, 0.5) is 11.4 Å². The number of hydrogen-bond acceptors (Lipinski definition) is 4. The summed E-state index contributed by atoms with van der Waals surface area (Å²) in [7, 11) is 0. The van der Waals surface area contributed by atoms with Crippen LogP contribution in [0.25, 0.3) is 10.8 Å². The van der Waals surface area contributed by atoms with Crippen LogP contribution in [0.5, 0.6) is 0 Å². The summed E-state index contributed by atoms with van der Waals surface area (Å²) in [6, 6.07) is 31.0. The number of nitrogens with zero attached hydrogens (tertiary/aromatic N) is 2. The highest BCUT2D eigenvalue weighted by Gasteiger charge is 2.60. The zero-order valence-corrected chi connectivity index (χ0v) is 18.8. The first kappa shape index (κ1) is 20.6. The van der Waals surface area contributed by atoms with E-state index in [0.717, 1.165) is 28.4 Å². The third kappa shape index (κ3) is 3.12. The Balaban J connectivity index is 1.45. The zero-order chi connectivity index (χ0) is 23.2. The molecule has 4 aromatic rings. The van der Waals surface area contributed by atoms with Crippen molar-refractivity contribution in [2.75, 3.05) is 9.96 Å². The molecule has 0 spiro atoms. The summed E-state index contributed by atoms with van der Waals surface area (Å²) >= 11 is 0. The van der Waals surface area contributed by atoms with Gasteiger partial charge in [-0.1, -0.05) is 85.8 Å². The number of aryl methyl sites for hydroxylation is 1. The van der Waals surface area contributed by atoms with Gasteiger partial charge in [0.25, 0.3) is 5.91 Å². The lowest BCUT2D eigenvalue weighted by Crippen LogP contribution is -2.37. The van der Waals surface area contributed by atoms with Crippen LogP contribution in [0.1, 0.15) is 24.1 Å². The maximum absolute atomic E-state index is 13.9. The number of imide groups is 1. The number of hydroxylamine groups is 1. The molecule has 0 aliphatic carbocycles. The predicted molar refractivity (Wildman–Crippen MR) is 132 cm³/mol. The van der Waals surface area contributed by atoms with E-state index in [-0.39, 0.29) is 11.8 Å². The van der Waals surface area contributed by atoms with Gasteiger partial charge >= 0.3 is 0 Å². The molecule has 4 aromatic carbocycles. The number of benzene rings is 4. The molecule has 3 atom stereocenters. The van der Waals surface area contributed by atoms with Crippen LogP contribution in [-0.4, -0.2) is 17.9 Å². The smallest absolute Gasteiger partial charge is 0.266 e. The molecule has 0 N–H and O–H groups in total. The lowest BCUT2D eigenvalue weighted by atomic mass is 9.90. The van der Waals surface area contributed by atoms with Gasteiger partial charge < -0.3 is 0 Å². The number of amides is 2. The van der Waals surface area contributed by atoms with Gasteiger partial charge in [0, 0.05) is 5.39 Å². The minimum Gasteiger partial charge on any atom is -0.273 e. The summed E-state index contributed by atoms with van der Waals surface area (Å²) in [5.74, 6) is -1.19. The molecule has 2 aliphatic rings. The Morgan fingerprint density at radius 3 is 2.24 bits per heavy atom. The van der Waals surface area contributed by atoms with Crippen molar-refractivity contribution >= 4 is 34.0 Å². The van der Waals surface area contributed by atoms with Crippen molar-refractivity contribution in [3.8, 4) is 0 Å². The average Bonchev–Trinajstić information content (AvgIpc) is 3.40. The molecular formula is C29H24N2O3. The molecule has 5 heteroatoms. The van der Waals surface area contributed by atoms with Gasteiger partial charge in [-0.05, 0) is 41.1 Å². The number of hydrogen-bond donors (Lipinski definition) is 0. The zero-order valence-electron chi connectivity index (χ0n) is 18.8. The third-order valence-electron chi connectivity index (χ3n) is 6.86. The van der Waals surface area contributed by atoms with Crippen LogP contribution < -0.4 is 9.96 Å². The maximum Gasteiger partial charge on any atom is 0.266 e. The number of fused-ring (bicyclic) bond motifs is 2. The Labute approximate surface area is 198 Å². The molecule has 0 unspecified atom stereocenters. The Kier molecular flexibility index (Phi) is 4.93. The normalized spacial score (nSPS) is 22.0. The highest BCUT2D eigenvalue weighted by molar-refractivity contribution is 6.26. The van der Waals surface area contributed by atoms with E-state index < -0.39 is 18.1 Å². The minimum absolute atomic E-state index is 0.227. The van der Waals surface area contributed by atoms with Gasteiger partial charge in [0.1, 0.15) is 5.92 Å². The van der Waals surface area contributed by atoms with E-state index in [2.05, 4.69) is 19.1 Å². The first-order valence-corrected chi connectivity index (χ1v) is 11.6. The van der Waals surface area contributed by atoms with Gasteiger partial charge in [0.15, 0.2) is 6.10 Å². The maximum atomic E-state index is 13.9. The van der Waals surface area contributed by atoms with Crippen molar-refractivity contribution in [2.45, 2.75) is 25.5 Å². The van der Waals surface area contributed by atoms with Crippen molar-refractivity contribution < 1.29 is 14.4 Å². The van der Waals surface area contributed by atoms with Crippen LogP contribution in [0.15, 0.2) is 97.1 Å². The third-order valence-corrected chi connectivity index (χ3v) is 6.86. The summed E-state index contributed by atoms with van der Waals surface area (Å²) in [6.07, 6.45) is 0.0601. The number of para-hydroxylation sites is 1. The van der Waals surface area contributed by atoms with Crippen LogP contribution in [0.3, 0.4) is 0 Å². The van der Waals surface area contributed by atoms with E-state index >= 15 is 0 Å². The summed E-state index contributed by atoms with van der Waals surface area (Å²) in [6.45, 7) is 2.11. The largest absolute Gasteiger partial charge is 0.273 e. The van der Waals surface area contributed by atoms with Gasteiger partial charge in [0.05, 0.1) is 17.4 Å². The molecule has 2 fully saturated rings. The van der Waals surface area contributed by atoms with Crippen molar-refractivity contribution in [1.29, 1.82) is 0 Å². The molecule has 2 amide bonds.